The van der Waals surface area contributed by atoms with Crippen molar-refractivity contribution in [2.24, 2.45) is 0 Å². The van der Waals surface area contributed by atoms with Crippen LogP contribution in [-0.4, -0.2) is 16.9 Å². The molecule has 0 aromatic heterocycles. The Bertz CT molecular complexity index is 464. The first-order valence-corrected chi connectivity index (χ1v) is 5.27. The molecular formula is C11H11N3OS. The second-order valence-corrected chi connectivity index (χ2v) is 4.04. The Hall–Kier alpha value is -1.75. The van der Waals surface area contributed by atoms with Crippen molar-refractivity contribution in [3.63, 3.8) is 0 Å². The lowest BCUT2D eigenvalue weighted by molar-refractivity contribution is -0.118. The van der Waals surface area contributed by atoms with E-state index in [0.717, 1.165) is 11.3 Å². The summed E-state index contributed by atoms with van der Waals surface area (Å²) in [4.78, 5) is 12.7. The number of hydrogen-bond donors (Lipinski definition) is 2. The normalized spacial score (nSPS) is 16.3. The van der Waals surface area contributed by atoms with Crippen LogP contribution in [0.15, 0.2) is 24.3 Å². The Kier molecular flexibility index (Phi) is 2.70. The van der Waals surface area contributed by atoms with Gasteiger partial charge in [0.2, 0.25) is 5.91 Å². The molecule has 0 radical (unpaired) electrons. The molecule has 1 aromatic carbocycles. The molecule has 1 aromatic rings. The molecule has 1 saturated heterocycles. The van der Waals surface area contributed by atoms with E-state index in [2.05, 4.69) is 5.32 Å². The first-order chi connectivity index (χ1) is 7.58. The fraction of sp³-hybridized carbons (Fsp3) is 0.182. The molecule has 0 atom stereocenters. The fourth-order valence-corrected chi connectivity index (χ4v) is 1.94. The third kappa shape index (κ3) is 1.94. The van der Waals surface area contributed by atoms with E-state index in [-0.39, 0.29) is 23.3 Å². The lowest BCUT2D eigenvalue weighted by atomic mass is 10.2. The van der Waals surface area contributed by atoms with E-state index in [1.807, 2.05) is 31.2 Å². The number of nitrogens with one attached hydrogen (secondary N) is 2. The average Bonchev–Trinajstić information content (AvgIpc) is 2.15. The van der Waals surface area contributed by atoms with E-state index in [0.29, 0.717) is 0 Å². The number of benzene rings is 1. The predicted molar refractivity (Wildman–Crippen MR) is 66.7 cm³/mol. The van der Waals surface area contributed by atoms with Gasteiger partial charge in [0, 0.05) is 5.69 Å². The molecule has 2 rings (SSSR count). The summed E-state index contributed by atoms with van der Waals surface area (Å²) in [5.74, 6) is -0.0155. The summed E-state index contributed by atoms with van der Waals surface area (Å²) in [5.41, 5.74) is 1.90. The van der Waals surface area contributed by atoms with Gasteiger partial charge in [-0.2, -0.15) is 0 Å². The molecule has 1 aliphatic rings. The largest absolute Gasteiger partial charge is 0.302 e. The van der Waals surface area contributed by atoms with Crippen LogP contribution in [0.2, 0.25) is 0 Å². The van der Waals surface area contributed by atoms with E-state index in [1.165, 1.54) is 0 Å². The Morgan fingerprint density at radius 1 is 1.50 bits per heavy atom. The van der Waals surface area contributed by atoms with Crippen molar-refractivity contribution in [3.05, 3.63) is 29.8 Å². The quantitative estimate of drug-likeness (QED) is 0.724. The van der Waals surface area contributed by atoms with Gasteiger partial charge in [0.25, 0.3) is 0 Å². The van der Waals surface area contributed by atoms with E-state index in [1.54, 1.807) is 4.90 Å². The topological polar surface area (TPSA) is 56.2 Å². The molecule has 1 heterocycles. The fourth-order valence-electron chi connectivity index (χ4n) is 1.61. The van der Waals surface area contributed by atoms with Crippen LogP contribution >= 0.6 is 12.2 Å². The Balaban J connectivity index is 2.36. The van der Waals surface area contributed by atoms with E-state index < -0.39 is 0 Å². The van der Waals surface area contributed by atoms with Crippen LogP contribution < -0.4 is 10.2 Å². The van der Waals surface area contributed by atoms with Gasteiger partial charge in [-0.15, -0.1) is 0 Å². The van der Waals surface area contributed by atoms with Crippen LogP contribution in [0.3, 0.4) is 0 Å². The number of hydrogen-bond acceptors (Lipinski definition) is 3. The first kappa shape index (κ1) is 10.8. The summed E-state index contributed by atoms with van der Waals surface area (Å²) < 4.78 is 0. The molecule has 0 spiro atoms. The van der Waals surface area contributed by atoms with Gasteiger partial charge in [-0.05, 0) is 36.8 Å². The number of thiocarbonyl (C=S) groups is 1. The number of rotatable bonds is 1. The third-order valence-electron chi connectivity index (χ3n) is 2.31. The zero-order valence-corrected chi connectivity index (χ0v) is 9.60. The molecule has 0 unspecified atom stereocenters. The van der Waals surface area contributed by atoms with Crippen molar-refractivity contribution in [2.75, 3.05) is 4.90 Å². The Labute approximate surface area is 98.8 Å². The third-order valence-corrected chi connectivity index (χ3v) is 2.59. The molecule has 16 heavy (non-hydrogen) atoms. The highest BCUT2D eigenvalue weighted by atomic mass is 32.1. The summed E-state index contributed by atoms with van der Waals surface area (Å²) in [6.45, 7) is 1.97. The molecule has 2 N–H and O–H groups in total. The maximum Gasteiger partial charge on any atom is 0.233 e. The van der Waals surface area contributed by atoms with Gasteiger partial charge < -0.3 is 5.32 Å². The zero-order chi connectivity index (χ0) is 11.7. The standard InChI is InChI=1S/C11H11N3OS/c1-7-3-2-4-8(5-7)14-9(12)6-10(15)13-11(14)16/h2-5,12H,6H2,1H3,(H,13,15,16). The minimum atomic E-state index is -0.223. The number of anilines is 1. The lowest BCUT2D eigenvalue weighted by Crippen LogP contribution is -2.52. The maximum atomic E-state index is 11.2. The molecule has 0 saturated carbocycles. The van der Waals surface area contributed by atoms with Gasteiger partial charge in [-0.1, -0.05) is 12.1 Å². The van der Waals surface area contributed by atoms with Gasteiger partial charge >= 0.3 is 0 Å². The molecule has 1 amide bonds. The average molecular weight is 233 g/mol. The molecule has 1 fully saturated rings. The summed E-state index contributed by atoms with van der Waals surface area (Å²) >= 11 is 5.06. The summed E-state index contributed by atoms with van der Waals surface area (Å²) in [7, 11) is 0. The van der Waals surface area contributed by atoms with Crippen molar-refractivity contribution in [2.45, 2.75) is 13.3 Å². The van der Waals surface area contributed by atoms with Crippen LogP contribution in [0.5, 0.6) is 0 Å². The van der Waals surface area contributed by atoms with E-state index in [4.69, 9.17) is 17.6 Å². The van der Waals surface area contributed by atoms with Crippen LogP contribution in [0.25, 0.3) is 0 Å². The number of amidine groups is 1. The molecule has 0 aliphatic carbocycles. The molecule has 1 aliphatic heterocycles. The van der Waals surface area contributed by atoms with Gasteiger partial charge in [-0.3, -0.25) is 15.1 Å². The Morgan fingerprint density at radius 2 is 2.25 bits per heavy atom. The Morgan fingerprint density at radius 3 is 2.88 bits per heavy atom. The minimum Gasteiger partial charge on any atom is -0.302 e. The smallest absolute Gasteiger partial charge is 0.233 e. The minimum absolute atomic E-state index is 0.0636. The van der Waals surface area contributed by atoms with Crippen molar-refractivity contribution in [3.8, 4) is 0 Å². The van der Waals surface area contributed by atoms with Crippen LogP contribution in [0, 0.1) is 12.3 Å². The second kappa shape index (κ2) is 4.02. The lowest BCUT2D eigenvalue weighted by Gasteiger charge is -2.29. The molecular weight excluding hydrogens is 222 g/mol. The van der Waals surface area contributed by atoms with Gasteiger partial charge in [0.1, 0.15) is 5.84 Å². The van der Waals surface area contributed by atoms with Crippen molar-refractivity contribution < 1.29 is 4.79 Å². The highest BCUT2D eigenvalue weighted by molar-refractivity contribution is 7.80. The zero-order valence-electron chi connectivity index (χ0n) is 8.78. The van der Waals surface area contributed by atoms with E-state index >= 15 is 0 Å². The summed E-state index contributed by atoms with van der Waals surface area (Å²) in [6, 6.07) is 7.67. The summed E-state index contributed by atoms with van der Waals surface area (Å²) in [5, 5.41) is 10.6. The highest BCUT2D eigenvalue weighted by Gasteiger charge is 2.26. The number of aryl methyl sites for hydroxylation is 1. The van der Waals surface area contributed by atoms with Crippen molar-refractivity contribution in [1.82, 2.24) is 5.32 Å². The van der Waals surface area contributed by atoms with Crippen molar-refractivity contribution >= 4 is 34.8 Å². The predicted octanol–water partition coefficient (Wildman–Crippen LogP) is 1.58. The highest BCUT2D eigenvalue weighted by Crippen LogP contribution is 2.19. The van der Waals surface area contributed by atoms with Crippen molar-refractivity contribution in [1.29, 1.82) is 5.41 Å². The van der Waals surface area contributed by atoms with Gasteiger partial charge in [-0.25, -0.2) is 0 Å². The van der Waals surface area contributed by atoms with Gasteiger partial charge in [0.15, 0.2) is 5.11 Å². The van der Waals surface area contributed by atoms with Crippen LogP contribution in [0.1, 0.15) is 12.0 Å². The number of carbonyl (C=O) groups excluding carboxylic acids is 1. The molecule has 0 bridgehead atoms. The maximum absolute atomic E-state index is 11.2. The van der Waals surface area contributed by atoms with Crippen LogP contribution in [0.4, 0.5) is 5.69 Å². The molecule has 4 nitrogen and oxygen atoms in total. The summed E-state index contributed by atoms with van der Waals surface area (Å²) in [6.07, 6.45) is 0.0636. The number of nitrogens with zero attached hydrogens (tertiary/aromatic N) is 1. The SMILES string of the molecule is Cc1cccc(N2C(=N)CC(=O)NC2=S)c1. The van der Waals surface area contributed by atoms with Crippen LogP contribution in [-0.2, 0) is 4.79 Å². The van der Waals surface area contributed by atoms with Gasteiger partial charge in [0.05, 0.1) is 6.42 Å². The number of amides is 1. The van der Waals surface area contributed by atoms with E-state index in [9.17, 15) is 4.79 Å². The molecule has 5 heteroatoms. The molecule has 82 valence electrons. The second-order valence-electron chi connectivity index (χ2n) is 3.65. The number of carbonyl (C=O) groups is 1. The monoisotopic (exact) mass is 233 g/mol. The first-order valence-electron chi connectivity index (χ1n) is 4.86.